The van der Waals surface area contributed by atoms with Crippen LogP contribution in [0.2, 0.25) is 0 Å². The predicted octanol–water partition coefficient (Wildman–Crippen LogP) is 8.06. The molecule has 376 valence electrons. The molecule has 19 nitrogen and oxygen atoms in total. The number of aromatic amines is 1. The minimum Gasteiger partial charge on any atom is -0.481 e. The van der Waals surface area contributed by atoms with Gasteiger partial charge in [0.25, 0.3) is 5.56 Å². The maximum absolute atomic E-state index is 14.3. The van der Waals surface area contributed by atoms with Crippen LogP contribution >= 0.6 is 8.60 Å². The first kappa shape index (κ1) is 58.9. The maximum Gasteiger partial charge on any atom is 0.332 e. The van der Waals surface area contributed by atoms with Crippen molar-refractivity contribution in [2.24, 2.45) is 35.5 Å². The molecule has 4 rings (SSSR count). The molecule has 0 bridgehead atoms. The first-order valence-corrected chi connectivity index (χ1v) is 23.5. The number of H-pyrrole nitrogens is 1. The van der Waals surface area contributed by atoms with Gasteiger partial charge in [0.1, 0.15) is 6.29 Å². The van der Waals surface area contributed by atoms with Crippen LogP contribution in [0.4, 0.5) is 11.6 Å². The number of carboxylic acids is 2. The monoisotopic (exact) mass is 978 g/mol. The smallest absolute Gasteiger partial charge is 0.332 e. The lowest BCUT2D eigenvalue weighted by atomic mass is 9.70. The Hall–Kier alpha value is -6.27. The van der Waals surface area contributed by atoms with Gasteiger partial charge in [0.2, 0.25) is 11.9 Å². The number of allylic oxidation sites excluding steroid dienone is 1. The van der Waals surface area contributed by atoms with Crippen LogP contribution in [0.3, 0.4) is 0 Å². The van der Waals surface area contributed by atoms with E-state index in [4.69, 9.17) is 28.5 Å². The Balaban J connectivity index is 0.00000133. The molecule has 0 fully saturated rings. The van der Waals surface area contributed by atoms with E-state index in [1.807, 2.05) is 51.1 Å². The van der Waals surface area contributed by atoms with Crippen molar-refractivity contribution >= 4 is 67.3 Å². The molecule has 0 aliphatic carbocycles. The lowest BCUT2D eigenvalue weighted by Crippen LogP contribution is -2.45. The highest BCUT2D eigenvalue weighted by Gasteiger charge is 2.45. The van der Waals surface area contributed by atoms with E-state index in [0.717, 1.165) is 11.3 Å². The second-order valence-corrected chi connectivity index (χ2v) is 17.1. The van der Waals surface area contributed by atoms with Crippen LogP contribution in [-0.2, 0) is 55.2 Å². The van der Waals surface area contributed by atoms with Gasteiger partial charge < -0.3 is 38.6 Å². The van der Waals surface area contributed by atoms with E-state index in [1.54, 1.807) is 31.2 Å². The van der Waals surface area contributed by atoms with E-state index in [9.17, 15) is 33.6 Å². The number of carbonyl (C=O) groups is 6. The number of unbranched alkanes of at least 4 members (excludes halogenated alkanes) is 1. The standard InChI is InChI=1S/C42H53N6O9P.C6H10O4.CH4/c1-7-27(4)35(39(51)47-42-46-38-37(40(52)48-42)45-33(25-44-38)24-43-32-19-17-31(18-20-32)29(6)50)36(34(26-49)28(5)23-30-15-11-10-12-16-30)41(53)54-21-13-14-22-57-58(55-8-2)56-9-3;1-4(6(9)10)2-3-5(7)8;/h7,10-12,15-20,25-28,34-36,43H,1,8-9,13-14,21-24H2,2-6H3,(H2,44,46,47,48,51,52);4H,2-3H2,1H3,(H,7,8)(H,9,10);1H4. The second kappa shape index (κ2) is 31.0. The highest BCUT2D eigenvalue weighted by atomic mass is 31.2. The van der Waals surface area contributed by atoms with Crippen LogP contribution in [0.5, 0.6) is 0 Å². The highest BCUT2D eigenvalue weighted by Crippen LogP contribution is 2.39. The van der Waals surface area contributed by atoms with Crippen molar-refractivity contribution in [3.8, 4) is 0 Å². The number of fused-ring (bicyclic) bond motifs is 1. The van der Waals surface area contributed by atoms with Gasteiger partial charge in [-0.15, -0.1) is 6.58 Å². The van der Waals surface area contributed by atoms with E-state index in [0.29, 0.717) is 56.6 Å². The largest absolute Gasteiger partial charge is 0.481 e. The van der Waals surface area contributed by atoms with Crippen molar-refractivity contribution in [1.29, 1.82) is 0 Å². The van der Waals surface area contributed by atoms with E-state index >= 15 is 0 Å². The Morgan fingerprint density at radius 1 is 0.899 bits per heavy atom. The van der Waals surface area contributed by atoms with Crippen molar-refractivity contribution in [3.05, 3.63) is 101 Å². The molecular weight excluding hydrogens is 912 g/mol. The van der Waals surface area contributed by atoms with Crippen molar-refractivity contribution < 1.29 is 57.3 Å². The third kappa shape index (κ3) is 19.7. The molecule has 0 aliphatic rings. The zero-order valence-corrected chi connectivity index (χ0v) is 40.2. The molecule has 4 aromatic rings. The number of aromatic nitrogens is 4. The summed E-state index contributed by atoms with van der Waals surface area (Å²) >= 11 is 0. The normalized spacial score (nSPS) is 13.5. The van der Waals surface area contributed by atoms with E-state index in [2.05, 4.69) is 37.1 Å². The number of ether oxygens (including phenoxy) is 1. The third-order valence-corrected chi connectivity index (χ3v) is 12.0. The minimum atomic E-state index is -1.46. The van der Waals surface area contributed by atoms with Crippen LogP contribution in [0, 0.1) is 35.5 Å². The molecule has 20 heteroatoms. The molecule has 0 aliphatic heterocycles. The van der Waals surface area contributed by atoms with E-state index < -0.39 is 67.6 Å². The number of hydrogen-bond donors (Lipinski definition) is 5. The number of carboxylic acid groups (broad SMARTS) is 2. The Morgan fingerprint density at radius 2 is 1.55 bits per heavy atom. The summed E-state index contributed by atoms with van der Waals surface area (Å²) in [7, 11) is -1.46. The number of carbonyl (C=O) groups excluding carboxylic acids is 4. The van der Waals surface area contributed by atoms with Crippen molar-refractivity contribution in [2.75, 3.05) is 37.1 Å². The fourth-order valence-corrected chi connectivity index (χ4v) is 7.75. The quantitative estimate of drug-likeness (QED) is 0.00859. The number of aldehydes is 1. The first-order valence-electron chi connectivity index (χ1n) is 22.4. The summed E-state index contributed by atoms with van der Waals surface area (Å²) in [6.07, 6.45) is 5.29. The predicted molar refractivity (Wildman–Crippen MR) is 262 cm³/mol. The molecule has 2 aromatic heterocycles. The summed E-state index contributed by atoms with van der Waals surface area (Å²) in [5.41, 5.74) is 2.04. The molecule has 2 heterocycles. The number of aliphatic carboxylic acids is 2. The highest BCUT2D eigenvalue weighted by molar-refractivity contribution is 7.41. The van der Waals surface area contributed by atoms with Gasteiger partial charge in [0.15, 0.2) is 16.9 Å². The Labute approximate surface area is 404 Å². The van der Waals surface area contributed by atoms with Gasteiger partial charge in [0.05, 0.1) is 62.6 Å². The van der Waals surface area contributed by atoms with E-state index in [-0.39, 0.29) is 62.2 Å². The Morgan fingerprint density at radius 3 is 2.13 bits per heavy atom. The Kier molecular flexibility index (Phi) is 26.4. The number of ketones is 1. The van der Waals surface area contributed by atoms with Gasteiger partial charge in [-0.1, -0.05) is 64.6 Å². The molecule has 0 saturated heterocycles. The number of hydrogen-bond acceptors (Lipinski definition) is 15. The Bertz CT molecular complexity index is 2330. The first-order chi connectivity index (χ1) is 32.5. The molecule has 6 atom stereocenters. The van der Waals surface area contributed by atoms with Gasteiger partial charge in [-0.3, -0.25) is 39.1 Å². The summed E-state index contributed by atoms with van der Waals surface area (Å²) in [6.45, 7) is 15.6. The molecule has 5 N–H and O–H groups in total. The SMILES string of the molecule is C.C=CC(C)C(C(=O)Nc1nc2ncc(CNc3ccc(C(C)=O)cc3)nc2c(=O)[nH]1)C(C(=O)OCCCCOP(OCC)OCC)C(C=O)C(C)Cc1ccccc1.CC(CCC(=O)O)C(=O)O. The lowest BCUT2D eigenvalue weighted by molar-refractivity contribution is -0.158. The van der Waals surface area contributed by atoms with E-state index in [1.165, 1.54) is 26.1 Å². The fourth-order valence-electron chi connectivity index (χ4n) is 6.83. The number of amides is 1. The molecule has 1 amide bonds. The zero-order valence-electron chi connectivity index (χ0n) is 39.3. The molecule has 69 heavy (non-hydrogen) atoms. The summed E-state index contributed by atoms with van der Waals surface area (Å²) in [4.78, 5) is 102. The van der Waals surface area contributed by atoms with Crippen LogP contribution in [0.15, 0.2) is 78.2 Å². The van der Waals surface area contributed by atoms with Crippen LogP contribution in [-0.4, -0.2) is 92.5 Å². The summed E-state index contributed by atoms with van der Waals surface area (Å²) in [5, 5.41) is 22.3. The summed E-state index contributed by atoms with van der Waals surface area (Å²) < 4.78 is 22.4. The molecule has 0 saturated carbocycles. The number of nitrogens with one attached hydrogen (secondary N) is 3. The van der Waals surface area contributed by atoms with Gasteiger partial charge >= 0.3 is 26.5 Å². The maximum atomic E-state index is 14.3. The number of rotatable bonds is 29. The molecule has 0 spiro atoms. The van der Waals surface area contributed by atoms with Gasteiger partial charge in [0, 0.05) is 23.6 Å². The van der Waals surface area contributed by atoms with Crippen molar-refractivity contribution in [3.63, 3.8) is 0 Å². The summed E-state index contributed by atoms with van der Waals surface area (Å²) in [6, 6.07) is 16.5. The summed E-state index contributed by atoms with van der Waals surface area (Å²) in [5.74, 6) is -8.36. The average molecular weight is 979 g/mol. The minimum absolute atomic E-state index is 0. The van der Waals surface area contributed by atoms with Crippen molar-refractivity contribution in [1.82, 2.24) is 19.9 Å². The van der Waals surface area contributed by atoms with Crippen molar-refractivity contribution in [2.45, 2.75) is 87.6 Å². The number of anilines is 2. The number of benzene rings is 2. The number of esters is 1. The van der Waals surface area contributed by atoms with Gasteiger partial charge in [-0.2, -0.15) is 4.98 Å². The molecule has 2 aromatic carbocycles. The number of Topliss-reactive ketones (excluding diaryl/α,β-unsaturated/α-hetero) is 1. The zero-order chi connectivity index (χ0) is 50.2. The van der Waals surface area contributed by atoms with Crippen LogP contribution in [0.1, 0.15) is 96.3 Å². The van der Waals surface area contributed by atoms with Gasteiger partial charge in [-0.05, 0) is 88.1 Å². The van der Waals surface area contributed by atoms with Gasteiger partial charge in [-0.25, -0.2) is 9.97 Å². The third-order valence-electron chi connectivity index (χ3n) is 10.7. The topological polar surface area (TPSA) is 275 Å². The number of nitrogens with zero attached hydrogens (tertiary/aromatic N) is 3. The van der Waals surface area contributed by atoms with Crippen LogP contribution in [0.25, 0.3) is 11.2 Å². The van der Waals surface area contributed by atoms with Crippen LogP contribution < -0.4 is 16.2 Å². The molecule has 0 radical (unpaired) electrons. The molecule has 6 unspecified atom stereocenters. The lowest BCUT2D eigenvalue weighted by Gasteiger charge is -2.34. The average Bonchev–Trinajstić information content (AvgIpc) is 3.31. The second-order valence-electron chi connectivity index (χ2n) is 15.9. The molecular formula is C49H67N6O13P. The fraction of sp³-hybridized carbons (Fsp3) is 0.469.